The number of nitrogens with one attached hydrogen (secondary N) is 2. The van der Waals surface area contributed by atoms with E-state index in [1.807, 2.05) is 28.8 Å². The average molecular weight is 733 g/mol. The SMILES string of the molecule is O=C1NCCN1CCNCc1nnc(Cn2c(SCc3ccc(F)cc3)nc(=O)c3c2CCC3)n1Cc1ccc(-c2ccc(C(F)(F)F)cc2)cc1. The number of nitrogens with zero attached hydrogens (tertiary/aromatic N) is 6. The van der Waals surface area contributed by atoms with E-state index in [0.717, 1.165) is 47.4 Å². The summed E-state index contributed by atoms with van der Waals surface area (Å²) in [5.41, 5.74) is 4.01. The molecule has 15 heteroatoms. The Morgan fingerprint density at radius 3 is 2.21 bits per heavy atom. The van der Waals surface area contributed by atoms with Gasteiger partial charge in [0, 0.05) is 43.2 Å². The molecule has 2 aromatic heterocycles. The van der Waals surface area contributed by atoms with Crippen molar-refractivity contribution in [3.8, 4) is 11.1 Å². The monoisotopic (exact) mass is 732 g/mol. The smallest absolute Gasteiger partial charge is 0.336 e. The Labute approximate surface area is 301 Å². The molecule has 0 bridgehead atoms. The second-order valence-electron chi connectivity index (χ2n) is 12.8. The second-order valence-corrected chi connectivity index (χ2v) is 13.7. The predicted molar refractivity (Wildman–Crippen MR) is 188 cm³/mol. The number of halogens is 4. The van der Waals surface area contributed by atoms with Crippen LogP contribution in [0.3, 0.4) is 0 Å². The van der Waals surface area contributed by atoms with Crippen LogP contribution < -0.4 is 16.2 Å². The van der Waals surface area contributed by atoms with Crippen molar-refractivity contribution in [1.82, 2.24) is 39.8 Å². The third-order valence-corrected chi connectivity index (χ3v) is 10.4. The lowest BCUT2D eigenvalue weighted by Crippen LogP contribution is -2.34. The highest BCUT2D eigenvalue weighted by molar-refractivity contribution is 7.98. The Hall–Kier alpha value is -5.02. The van der Waals surface area contributed by atoms with Gasteiger partial charge in [-0.25, -0.2) is 9.18 Å². The molecule has 7 rings (SSSR count). The number of hydrogen-bond donors (Lipinski definition) is 2. The number of amides is 2. The molecular weight excluding hydrogens is 697 g/mol. The van der Waals surface area contributed by atoms with Crippen molar-refractivity contribution in [3.05, 3.63) is 129 Å². The summed E-state index contributed by atoms with van der Waals surface area (Å²) in [4.78, 5) is 31.3. The molecule has 0 spiro atoms. The largest absolute Gasteiger partial charge is 0.416 e. The van der Waals surface area contributed by atoms with E-state index in [0.29, 0.717) is 85.9 Å². The predicted octanol–water partition coefficient (Wildman–Crippen LogP) is 5.65. The molecule has 0 radical (unpaired) electrons. The molecule has 270 valence electrons. The first kappa shape index (κ1) is 35.4. The molecule has 0 atom stereocenters. The summed E-state index contributed by atoms with van der Waals surface area (Å²) in [6.07, 6.45) is -2.16. The summed E-state index contributed by atoms with van der Waals surface area (Å²) in [5.74, 6) is 1.51. The van der Waals surface area contributed by atoms with Crippen molar-refractivity contribution in [1.29, 1.82) is 0 Å². The third kappa shape index (κ3) is 8.05. The first-order valence-electron chi connectivity index (χ1n) is 17.0. The van der Waals surface area contributed by atoms with Crippen LogP contribution in [0.25, 0.3) is 11.1 Å². The van der Waals surface area contributed by atoms with Crippen LogP contribution in [-0.2, 0) is 44.4 Å². The van der Waals surface area contributed by atoms with Crippen LogP contribution in [0.4, 0.5) is 22.4 Å². The van der Waals surface area contributed by atoms with Gasteiger partial charge in [-0.2, -0.15) is 18.2 Å². The van der Waals surface area contributed by atoms with Crippen molar-refractivity contribution in [2.24, 2.45) is 0 Å². The Morgan fingerprint density at radius 2 is 1.52 bits per heavy atom. The standard InChI is InChI=1S/C37H36F4N8O2S/c38-29-14-6-25(7-15-29)23-52-36-44-34(50)30-2-1-3-31(30)48(36)22-33-46-45-32(20-42-16-18-47-19-17-43-35(47)51)49(33)21-24-4-8-26(9-5-24)27-10-12-28(13-11-27)37(39,40)41/h4-15,42H,1-3,16-23H2,(H,43,51). The molecular formula is C37H36F4N8O2S. The fourth-order valence-electron chi connectivity index (χ4n) is 6.51. The lowest BCUT2D eigenvalue weighted by atomic mass is 10.0. The maximum Gasteiger partial charge on any atom is 0.416 e. The minimum atomic E-state index is -4.40. The molecule has 1 aliphatic carbocycles. The number of carbonyl (C=O) groups excluding carboxylic acids is 1. The maximum absolute atomic E-state index is 13.5. The van der Waals surface area contributed by atoms with Gasteiger partial charge < -0.3 is 24.7 Å². The van der Waals surface area contributed by atoms with Gasteiger partial charge in [0.2, 0.25) is 0 Å². The Kier molecular flexibility index (Phi) is 10.4. The molecule has 2 aliphatic rings. The number of rotatable bonds is 13. The van der Waals surface area contributed by atoms with Gasteiger partial charge in [-0.05, 0) is 65.8 Å². The molecule has 0 saturated carbocycles. The minimum Gasteiger partial charge on any atom is -0.336 e. The Bertz CT molecular complexity index is 2100. The Balaban J connectivity index is 1.16. The number of carbonyl (C=O) groups is 1. The lowest BCUT2D eigenvalue weighted by molar-refractivity contribution is -0.137. The van der Waals surface area contributed by atoms with Gasteiger partial charge in [0.05, 0.1) is 25.2 Å². The summed E-state index contributed by atoms with van der Waals surface area (Å²) in [5, 5.41) is 15.9. The van der Waals surface area contributed by atoms with E-state index in [1.54, 1.807) is 17.0 Å². The molecule has 2 amide bonds. The van der Waals surface area contributed by atoms with Gasteiger partial charge in [0.1, 0.15) is 11.6 Å². The second kappa shape index (κ2) is 15.3. The fourth-order valence-corrected chi connectivity index (χ4v) is 7.47. The third-order valence-electron chi connectivity index (χ3n) is 9.31. The van der Waals surface area contributed by atoms with Gasteiger partial charge in [-0.1, -0.05) is 60.3 Å². The van der Waals surface area contributed by atoms with E-state index < -0.39 is 11.7 Å². The van der Waals surface area contributed by atoms with Crippen LogP contribution in [0, 0.1) is 5.82 Å². The normalized spacial score (nSPS) is 14.2. The highest BCUT2D eigenvalue weighted by Crippen LogP contribution is 2.31. The van der Waals surface area contributed by atoms with E-state index in [4.69, 9.17) is 0 Å². The van der Waals surface area contributed by atoms with E-state index in [2.05, 4.69) is 30.4 Å². The first-order chi connectivity index (χ1) is 25.1. The topological polar surface area (TPSA) is 110 Å². The molecule has 1 saturated heterocycles. The molecule has 5 aromatic rings. The zero-order chi connectivity index (χ0) is 36.2. The van der Waals surface area contributed by atoms with Gasteiger partial charge in [0.15, 0.2) is 11.0 Å². The number of fused-ring (bicyclic) bond motifs is 1. The van der Waals surface area contributed by atoms with Gasteiger partial charge in [0.25, 0.3) is 5.56 Å². The highest BCUT2D eigenvalue weighted by atomic mass is 32.2. The molecule has 2 N–H and O–H groups in total. The van der Waals surface area contributed by atoms with Crippen LogP contribution in [0.5, 0.6) is 0 Å². The molecule has 1 fully saturated rings. The van der Waals surface area contributed by atoms with Crippen molar-refractivity contribution in [2.45, 2.75) is 56.0 Å². The van der Waals surface area contributed by atoms with Crippen LogP contribution >= 0.6 is 11.8 Å². The summed E-state index contributed by atoms with van der Waals surface area (Å²) in [7, 11) is 0. The molecule has 0 unspecified atom stereocenters. The Morgan fingerprint density at radius 1 is 0.827 bits per heavy atom. The highest BCUT2D eigenvalue weighted by Gasteiger charge is 2.30. The van der Waals surface area contributed by atoms with E-state index in [1.165, 1.54) is 36.0 Å². The van der Waals surface area contributed by atoms with Crippen LogP contribution in [-0.4, -0.2) is 61.4 Å². The number of aromatic nitrogens is 5. The zero-order valence-electron chi connectivity index (χ0n) is 28.1. The lowest BCUT2D eigenvalue weighted by Gasteiger charge is -2.18. The summed E-state index contributed by atoms with van der Waals surface area (Å²) < 4.78 is 56.9. The summed E-state index contributed by atoms with van der Waals surface area (Å²) >= 11 is 1.41. The number of benzene rings is 3. The van der Waals surface area contributed by atoms with Gasteiger partial charge in [-0.3, -0.25) is 4.79 Å². The molecule has 10 nitrogen and oxygen atoms in total. The number of alkyl halides is 3. The van der Waals surface area contributed by atoms with Crippen molar-refractivity contribution in [3.63, 3.8) is 0 Å². The van der Waals surface area contributed by atoms with Crippen molar-refractivity contribution in [2.75, 3.05) is 26.2 Å². The maximum atomic E-state index is 13.5. The number of thioether (sulfide) groups is 1. The quantitative estimate of drug-likeness (QED) is 0.0697. The van der Waals surface area contributed by atoms with Crippen LogP contribution in [0.2, 0.25) is 0 Å². The van der Waals surface area contributed by atoms with Crippen molar-refractivity contribution >= 4 is 17.8 Å². The molecule has 3 aromatic carbocycles. The molecule has 52 heavy (non-hydrogen) atoms. The van der Waals surface area contributed by atoms with Crippen LogP contribution in [0.15, 0.2) is 82.7 Å². The van der Waals surface area contributed by atoms with Crippen LogP contribution in [0.1, 0.15) is 46.0 Å². The molecule has 3 heterocycles. The van der Waals surface area contributed by atoms with E-state index >= 15 is 0 Å². The van der Waals surface area contributed by atoms with Gasteiger partial charge >= 0.3 is 12.2 Å². The average Bonchev–Trinajstić information content (AvgIpc) is 3.89. The molecule has 1 aliphatic heterocycles. The zero-order valence-corrected chi connectivity index (χ0v) is 28.9. The summed E-state index contributed by atoms with van der Waals surface area (Å²) in [6.45, 7) is 3.49. The summed E-state index contributed by atoms with van der Waals surface area (Å²) in [6, 6.07) is 18.9. The van der Waals surface area contributed by atoms with E-state index in [-0.39, 0.29) is 17.4 Å². The first-order valence-corrected chi connectivity index (χ1v) is 18.0. The number of urea groups is 1. The van der Waals surface area contributed by atoms with E-state index in [9.17, 15) is 27.2 Å². The van der Waals surface area contributed by atoms with Gasteiger partial charge in [-0.15, -0.1) is 10.2 Å². The fraction of sp³-hybridized carbons (Fsp3) is 0.324. The van der Waals surface area contributed by atoms with Crippen molar-refractivity contribution < 1.29 is 22.4 Å². The number of hydrogen-bond acceptors (Lipinski definition) is 7. The minimum absolute atomic E-state index is 0.0811.